The summed E-state index contributed by atoms with van der Waals surface area (Å²) in [6.45, 7) is 3.65. The highest BCUT2D eigenvalue weighted by atomic mass is 16.3. The molecule has 0 heterocycles. The Balaban J connectivity index is 2.91. The molecule has 0 aromatic heterocycles. The maximum atomic E-state index is 11.6. The average molecular weight is 230 g/mol. The van der Waals surface area contributed by atoms with Gasteiger partial charge >= 0.3 is 0 Å². The quantitative estimate of drug-likeness (QED) is 0.614. The number of phenols is 1. The first-order chi connectivity index (χ1) is 8.02. The number of nitrogens with one attached hydrogen (secondary N) is 1. The number of phenolic OH excluding ortho intramolecular Hbond substituents is 1. The van der Waals surface area contributed by atoms with Crippen LogP contribution in [0.5, 0.6) is 5.75 Å². The van der Waals surface area contributed by atoms with Crippen LogP contribution in [0.15, 0.2) is 29.8 Å². The fraction of sp³-hybridized carbons (Fsp3) is 0.231. The Morgan fingerprint density at radius 3 is 2.47 bits per heavy atom. The second-order valence-corrected chi connectivity index (χ2v) is 3.89. The first-order valence-corrected chi connectivity index (χ1v) is 5.24. The van der Waals surface area contributed by atoms with E-state index in [2.05, 4.69) is 5.32 Å². The van der Waals surface area contributed by atoms with Gasteiger partial charge in [-0.1, -0.05) is 12.1 Å². The predicted molar refractivity (Wildman–Crippen MR) is 65.0 cm³/mol. The summed E-state index contributed by atoms with van der Waals surface area (Å²) in [6, 6.07) is 8.11. The Hall–Kier alpha value is -2.28. The van der Waals surface area contributed by atoms with Crippen LogP contribution < -0.4 is 5.32 Å². The monoisotopic (exact) mass is 230 g/mol. The maximum Gasteiger partial charge on any atom is 0.262 e. The van der Waals surface area contributed by atoms with Gasteiger partial charge in [-0.3, -0.25) is 4.79 Å². The van der Waals surface area contributed by atoms with Crippen LogP contribution >= 0.6 is 0 Å². The Labute approximate surface area is 100 Å². The zero-order valence-corrected chi connectivity index (χ0v) is 9.77. The molecule has 0 spiro atoms. The molecule has 1 aromatic carbocycles. The van der Waals surface area contributed by atoms with Crippen molar-refractivity contribution in [1.82, 2.24) is 5.32 Å². The zero-order valence-electron chi connectivity index (χ0n) is 9.77. The number of hydrogen-bond acceptors (Lipinski definition) is 3. The van der Waals surface area contributed by atoms with Gasteiger partial charge in [-0.05, 0) is 37.6 Å². The minimum atomic E-state index is -0.393. The van der Waals surface area contributed by atoms with Crippen molar-refractivity contribution in [2.24, 2.45) is 0 Å². The summed E-state index contributed by atoms with van der Waals surface area (Å²) < 4.78 is 0. The number of rotatable bonds is 3. The lowest BCUT2D eigenvalue weighted by atomic mass is 10.1. The van der Waals surface area contributed by atoms with Crippen molar-refractivity contribution in [2.75, 3.05) is 0 Å². The van der Waals surface area contributed by atoms with E-state index in [1.54, 1.807) is 12.1 Å². The van der Waals surface area contributed by atoms with Crippen LogP contribution in [-0.2, 0) is 4.79 Å². The number of benzene rings is 1. The van der Waals surface area contributed by atoms with Crippen molar-refractivity contribution in [3.05, 3.63) is 35.4 Å². The second-order valence-electron chi connectivity index (χ2n) is 3.89. The summed E-state index contributed by atoms with van der Waals surface area (Å²) in [5, 5.41) is 20.7. The fourth-order valence-corrected chi connectivity index (χ4v) is 1.23. The lowest BCUT2D eigenvalue weighted by Gasteiger charge is -2.06. The van der Waals surface area contributed by atoms with Gasteiger partial charge in [0.2, 0.25) is 0 Å². The molecule has 0 aliphatic heterocycles. The van der Waals surface area contributed by atoms with Crippen molar-refractivity contribution in [3.63, 3.8) is 0 Å². The Morgan fingerprint density at radius 1 is 1.41 bits per heavy atom. The SMILES string of the molecule is CC(C)NC(=O)/C(C#N)=C\c1ccc(O)cc1. The highest BCUT2D eigenvalue weighted by molar-refractivity contribution is 6.01. The molecule has 0 radical (unpaired) electrons. The number of carbonyl (C=O) groups is 1. The zero-order chi connectivity index (χ0) is 12.8. The molecule has 1 rings (SSSR count). The Bertz CT molecular complexity index is 467. The summed E-state index contributed by atoms with van der Waals surface area (Å²) in [7, 11) is 0. The van der Waals surface area contributed by atoms with Crippen molar-refractivity contribution in [3.8, 4) is 11.8 Å². The van der Waals surface area contributed by atoms with Gasteiger partial charge in [-0.25, -0.2) is 0 Å². The molecule has 0 aliphatic rings. The van der Waals surface area contributed by atoms with Gasteiger partial charge in [0, 0.05) is 6.04 Å². The molecule has 0 saturated heterocycles. The number of nitrogens with zero attached hydrogens (tertiary/aromatic N) is 1. The maximum absolute atomic E-state index is 11.6. The number of amides is 1. The highest BCUT2D eigenvalue weighted by Gasteiger charge is 2.09. The van der Waals surface area contributed by atoms with Crippen molar-refractivity contribution >= 4 is 12.0 Å². The minimum absolute atomic E-state index is 0.0148. The summed E-state index contributed by atoms with van der Waals surface area (Å²) in [5.74, 6) is -0.247. The molecule has 1 aromatic rings. The van der Waals surface area contributed by atoms with E-state index in [4.69, 9.17) is 10.4 Å². The molecule has 0 atom stereocenters. The smallest absolute Gasteiger partial charge is 0.262 e. The van der Waals surface area contributed by atoms with E-state index in [-0.39, 0.29) is 17.4 Å². The molecule has 0 bridgehead atoms. The van der Waals surface area contributed by atoms with E-state index >= 15 is 0 Å². The molecule has 2 N–H and O–H groups in total. The molecule has 4 nitrogen and oxygen atoms in total. The van der Waals surface area contributed by atoms with Crippen LogP contribution in [0.2, 0.25) is 0 Å². The largest absolute Gasteiger partial charge is 0.508 e. The van der Waals surface area contributed by atoms with Crippen LogP contribution in [0.3, 0.4) is 0 Å². The Morgan fingerprint density at radius 2 is 2.00 bits per heavy atom. The van der Waals surface area contributed by atoms with Crippen molar-refractivity contribution < 1.29 is 9.90 Å². The molecule has 17 heavy (non-hydrogen) atoms. The second kappa shape index (κ2) is 5.71. The number of hydrogen-bond donors (Lipinski definition) is 2. The molecule has 4 heteroatoms. The van der Waals surface area contributed by atoms with Crippen LogP contribution in [0.1, 0.15) is 19.4 Å². The molecule has 88 valence electrons. The highest BCUT2D eigenvalue weighted by Crippen LogP contribution is 2.12. The number of aromatic hydroxyl groups is 1. The van der Waals surface area contributed by atoms with E-state index in [1.165, 1.54) is 18.2 Å². The van der Waals surface area contributed by atoms with Crippen LogP contribution in [0.4, 0.5) is 0 Å². The topological polar surface area (TPSA) is 73.1 Å². The summed E-state index contributed by atoms with van der Waals surface area (Å²) in [4.78, 5) is 11.6. The van der Waals surface area contributed by atoms with Crippen molar-refractivity contribution in [2.45, 2.75) is 19.9 Å². The lowest BCUT2D eigenvalue weighted by molar-refractivity contribution is -0.117. The molecular weight excluding hydrogens is 216 g/mol. The average Bonchev–Trinajstić information content (AvgIpc) is 2.27. The fourth-order valence-electron chi connectivity index (χ4n) is 1.23. The van der Waals surface area contributed by atoms with Gasteiger partial charge in [0.15, 0.2) is 0 Å². The molecule has 0 unspecified atom stereocenters. The van der Waals surface area contributed by atoms with E-state index in [0.29, 0.717) is 5.56 Å². The van der Waals surface area contributed by atoms with Gasteiger partial charge in [-0.2, -0.15) is 5.26 Å². The van der Waals surface area contributed by atoms with Gasteiger partial charge in [-0.15, -0.1) is 0 Å². The summed E-state index contributed by atoms with van der Waals surface area (Å²) in [6.07, 6.45) is 1.48. The predicted octanol–water partition coefficient (Wildman–Crippen LogP) is 1.82. The summed E-state index contributed by atoms with van der Waals surface area (Å²) in [5.41, 5.74) is 0.739. The minimum Gasteiger partial charge on any atom is -0.508 e. The van der Waals surface area contributed by atoms with Gasteiger partial charge < -0.3 is 10.4 Å². The van der Waals surface area contributed by atoms with Crippen LogP contribution in [-0.4, -0.2) is 17.1 Å². The van der Waals surface area contributed by atoms with Crippen molar-refractivity contribution in [1.29, 1.82) is 5.26 Å². The molecular formula is C13H14N2O2. The molecule has 0 aliphatic carbocycles. The van der Waals surface area contributed by atoms with E-state index in [9.17, 15) is 4.79 Å². The third-order valence-corrected chi connectivity index (χ3v) is 1.99. The first-order valence-electron chi connectivity index (χ1n) is 5.24. The normalized spacial score (nSPS) is 11.1. The third kappa shape index (κ3) is 3.99. The molecule has 0 saturated carbocycles. The first kappa shape index (κ1) is 12.8. The standard InChI is InChI=1S/C13H14N2O2/c1-9(2)15-13(17)11(8-14)7-10-3-5-12(16)6-4-10/h3-7,9,16H,1-2H3,(H,15,17)/b11-7-. The van der Waals surface area contributed by atoms with Crippen LogP contribution in [0.25, 0.3) is 6.08 Å². The van der Waals surface area contributed by atoms with Gasteiger partial charge in [0.25, 0.3) is 5.91 Å². The van der Waals surface area contributed by atoms with Gasteiger partial charge in [0.05, 0.1) is 0 Å². The Kier molecular flexibility index (Phi) is 4.29. The van der Waals surface area contributed by atoms with Crippen LogP contribution in [0, 0.1) is 11.3 Å². The lowest BCUT2D eigenvalue weighted by Crippen LogP contribution is -2.30. The number of nitriles is 1. The molecule has 1 amide bonds. The third-order valence-electron chi connectivity index (χ3n) is 1.99. The van der Waals surface area contributed by atoms with Gasteiger partial charge in [0.1, 0.15) is 17.4 Å². The van der Waals surface area contributed by atoms with E-state index in [1.807, 2.05) is 19.9 Å². The number of carbonyl (C=O) groups excluding carboxylic acids is 1. The van der Waals surface area contributed by atoms with E-state index in [0.717, 1.165) is 0 Å². The van der Waals surface area contributed by atoms with E-state index < -0.39 is 5.91 Å². The molecule has 0 fully saturated rings. The summed E-state index contributed by atoms with van der Waals surface area (Å²) >= 11 is 0.